The van der Waals surface area contributed by atoms with E-state index in [0.717, 1.165) is 12.1 Å². The Balaban J connectivity index is 0. The molecule has 0 spiro atoms. The number of quaternary nitrogens is 2. The van der Waals surface area contributed by atoms with Gasteiger partial charge in [-0.05, 0) is 12.1 Å². The summed E-state index contributed by atoms with van der Waals surface area (Å²) in [7, 11) is 0. The maximum Gasteiger partial charge on any atom is 0.307 e. The molecule has 0 aliphatic carbocycles. The number of carbonyl (C=O) groups is 4. The molecule has 0 aliphatic rings. The van der Waals surface area contributed by atoms with E-state index >= 15 is 0 Å². The molecule has 0 heterocycles. The van der Waals surface area contributed by atoms with Gasteiger partial charge in [0.15, 0.2) is 0 Å². The van der Waals surface area contributed by atoms with E-state index in [-0.39, 0.29) is 34.9 Å². The third kappa shape index (κ3) is 8.47. The largest absolute Gasteiger partial charge is 0.546 e. The Labute approximate surface area is 147 Å². The zero-order valence-electron chi connectivity index (χ0n) is 14.1. The number of benzene rings is 1. The SMILES string of the molecule is O=C([O-])COc1cc(CC(=O)O)c(OCC(=O)[O-])cc1CC(=O)O.[NH4+].[NH4+]. The molecule has 26 heavy (non-hydrogen) atoms. The van der Waals surface area contributed by atoms with Crippen LogP contribution in [-0.4, -0.2) is 47.3 Å². The summed E-state index contributed by atoms with van der Waals surface area (Å²) in [6.07, 6.45) is -1.17. The van der Waals surface area contributed by atoms with Gasteiger partial charge in [-0.2, -0.15) is 0 Å². The predicted molar refractivity (Wildman–Crippen MR) is 82.1 cm³/mol. The topological polar surface area (TPSA) is 246 Å². The van der Waals surface area contributed by atoms with Crippen LogP contribution >= 0.6 is 0 Å². The van der Waals surface area contributed by atoms with Crippen LogP contribution < -0.4 is 32.0 Å². The maximum absolute atomic E-state index is 10.9. The zero-order chi connectivity index (χ0) is 18.3. The van der Waals surface area contributed by atoms with Gasteiger partial charge in [0.25, 0.3) is 0 Å². The first-order valence-corrected chi connectivity index (χ1v) is 6.43. The number of carbonyl (C=O) groups excluding carboxylic acids is 2. The van der Waals surface area contributed by atoms with Gasteiger partial charge < -0.3 is 51.8 Å². The fourth-order valence-corrected chi connectivity index (χ4v) is 1.79. The van der Waals surface area contributed by atoms with Gasteiger partial charge in [-0.3, -0.25) is 9.59 Å². The van der Waals surface area contributed by atoms with Crippen LogP contribution in [0.5, 0.6) is 11.5 Å². The van der Waals surface area contributed by atoms with Crippen molar-refractivity contribution >= 4 is 23.9 Å². The Hall–Kier alpha value is -3.38. The molecule has 1 aromatic rings. The van der Waals surface area contributed by atoms with Gasteiger partial charge in [-0.15, -0.1) is 0 Å². The molecule has 0 radical (unpaired) electrons. The zero-order valence-corrected chi connectivity index (χ0v) is 14.1. The smallest absolute Gasteiger partial charge is 0.307 e. The van der Waals surface area contributed by atoms with Crippen molar-refractivity contribution in [3.05, 3.63) is 23.3 Å². The van der Waals surface area contributed by atoms with Crippen molar-refractivity contribution in [1.29, 1.82) is 0 Å². The molecule has 0 saturated carbocycles. The number of rotatable bonds is 10. The van der Waals surface area contributed by atoms with Crippen LogP contribution in [0.3, 0.4) is 0 Å². The summed E-state index contributed by atoms with van der Waals surface area (Å²) in [5, 5.41) is 38.7. The molecule has 0 amide bonds. The van der Waals surface area contributed by atoms with E-state index in [4.69, 9.17) is 19.7 Å². The molecule has 1 rings (SSSR count). The molecule has 0 saturated heterocycles. The normalized spacial score (nSPS) is 9.23. The summed E-state index contributed by atoms with van der Waals surface area (Å²) >= 11 is 0. The molecule has 12 heteroatoms. The quantitative estimate of drug-likeness (QED) is 0.348. The summed E-state index contributed by atoms with van der Waals surface area (Å²) in [6, 6.07) is 2.17. The molecule has 0 aromatic heterocycles. The number of carboxylic acids is 4. The summed E-state index contributed by atoms with van der Waals surface area (Å²) in [6.45, 7) is -1.75. The van der Waals surface area contributed by atoms with Crippen molar-refractivity contribution in [3.8, 4) is 11.5 Å². The second-order valence-corrected chi connectivity index (χ2v) is 4.53. The molecular formula is C14H20N2O10. The monoisotopic (exact) mass is 376 g/mol. The van der Waals surface area contributed by atoms with Gasteiger partial charge in [-0.25, -0.2) is 0 Å². The van der Waals surface area contributed by atoms with Crippen molar-refractivity contribution in [3.63, 3.8) is 0 Å². The Bertz CT molecular complexity index is 616. The third-order valence-corrected chi connectivity index (χ3v) is 2.62. The number of ether oxygens (including phenoxy) is 2. The number of hydrogen-bond donors (Lipinski definition) is 4. The summed E-state index contributed by atoms with van der Waals surface area (Å²) in [4.78, 5) is 42.7. The van der Waals surface area contributed by atoms with E-state index in [1.54, 1.807) is 0 Å². The number of carboxylic acid groups (broad SMARTS) is 4. The predicted octanol–water partition coefficient (Wildman–Crippen LogP) is -2.05. The minimum atomic E-state index is -1.56. The van der Waals surface area contributed by atoms with E-state index in [9.17, 15) is 29.4 Å². The first kappa shape index (κ1) is 24.9. The second-order valence-electron chi connectivity index (χ2n) is 4.53. The second kappa shape index (κ2) is 11.2. The summed E-state index contributed by atoms with van der Waals surface area (Å²) in [5.74, 6) is -6.03. The van der Waals surface area contributed by atoms with Crippen molar-refractivity contribution in [1.82, 2.24) is 12.3 Å². The highest BCUT2D eigenvalue weighted by atomic mass is 16.5. The van der Waals surface area contributed by atoms with Crippen LogP contribution in [0.1, 0.15) is 11.1 Å². The van der Waals surface area contributed by atoms with Gasteiger partial charge in [0.05, 0.1) is 24.8 Å². The lowest BCUT2D eigenvalue weighted by atomic mass is 10.0. The molecule has 10 N–H and O–H groups in total. The first-order chi connectivity index (χ1) is 11.2. The number of aliphatic carboxylic acids is 4. The van der Waals surface area contributed by atoms with Crippen molar-refractivity contribution < 1.29 is 49.1 Å². The highest BCUT2D eigenvalue weighted by Gasteiger charge is 2.17. The first-order valence-electron chi connectivity index (χ1n) is 6.43. The van der Waals surface area contributed by atoms with E-state index < -0.39 is 49.9 Å². The lowest BCUT2D eigenvalue weighted by Gasteiger charge is -2.17. The van der Waals surface area contributed by atoms with E-state index in [0.29, 0.717) is 0 Å². The van der Waals surface area contributed by atoms with E-state index in [1.165, 1.54) is 0 Å². The van der Waals surface area contributed by atoms with Crippen LogP contribution in [0.4, 0.5) is 0 Å². The minimum absolute atomic E-state index is 0. The van der Waals surface area contributed by atoms with Crippen molar-refractivity contribution in [2.45, 2.75) is 12.8 Å². The van der Waals surface area contributed by atoms with Crippen LogP contribution in [0.25, 0.3) is 0 Å². The van der Waals surface area contributed by atoms with Crippen LogP contribution in [0.15, 0.2) is 12.1 Å². The molecular weight excluding hydrogens is 356 g/mol. The molecule has 12 nitrogen and oxygen atoms in total. The molecule has 0 bridgehead atoms. The van der Waals surface area contributed by atoms with Crippen molar-refractivity contribution in [2.75, 3.05) is 13.2 Å². The lowest BCUT2D eigenvalue weighted by molar-refractivity contribution is -0.308. The number of hydrogen-bond acceptors (Lipinski definition) is 8. The van der Waals surface area contributed by atoms with Gasteiger partial charge in [0, 0.05) is 11.1 Å². The molecule has 0 fully saturated rings. The van der Waals surface area contributed by atoms with Crippen LogP contribution in [0, 0.1) is 0 Å². The Kier molecular flexibility index (Phi) is 10.7. The molecule has 146 valence electrons. The highest BCUT2D eigenvalue weighted by Crippen LogP contribution is 2.30. The van der Waals surface area contributed by atoms with E-state index in [2.05, 4.69) is 0 Å². The molecule has 0 atom stereocenters. The lowest BCUT2D eigenvalue weighted by Crippen LogP contribution is -2.29. The van der Waals surface area contributed by atoms with E-state index in [1.807, 2.05) is 0 Å². The Morgan fingerprint density at radius 1 is 0.769 bits per heavy atom. The minimum Gasteiger partial charge on any atom is -0.546 e. The van der Waals surface area contributed by atoms with Gasteiger partial charge in [0.1, 0.15) is 24.7 Å². The van der Waals surface area contributed by atoms with Gasteiger partial charge >= 0.3 is 11.9 Å². The molecule has 1 aromatic carbocycles. The standard InChI is InChI=1S/C14H14O10.2H3N/c15-11(16)3-7-1-9(23-5-13(19)20)8(4-12(17)18)2-10(7)24-6-14(21)22;;/h1-2H,3-6H2,(H,15,16)(H,17,18)(H,19,20)(H,21,22);2*1H3. The Morgan fingerprint density at radius 2 is 1.08 bits per heavy atom. The molecule has 0 unspecified atom stereocenters. The van der Waals surface area contributed by atoms with Crippen LogP contribution in [-0.2, 0) is 32.0 Å². The average molecular weight is 376 g/mol. The third-order valence-electron chi connectivity index (χ3n) is 2.62. The van der Waals surface area contributed by atoms with Crippen LogP contribution in [0.2, 0.25) is 0 Å². The summed E-state index contributed by atoms with van der Waals surface area (Å²) in [5.41, 5.74) is -0.0440. The molecule has 0 aliphatic heterocycles. The maximum atomic E-state index is 10.9. The fraction of sp³-hybridized carbons (Fsp3) is 0.286. The van der Waals surface area contributed by atoms with Crippen molar-refractivity contribution in [2.24, 2.45) is 0 Å². The Morgan fingerprint density at radius 3 is 1.31 bits per heavy atom. The van der Waals surface area contributed by atoms with Gasteiger partial charge in [0.2, 0.25) is 0 Å². The average Bonchev–Trinajstić information content (AvgIpc) is 2.44. The fourth-order valence-electron chi connectivity index (χ4n) is 1.79. The summed E-state index contributed by atoms with van der Waals surface area (Å²) < 4.78 is 9.80. The highest BCUT2D eigenvalue weighted by molar-refractivity contribution is 5.75. The van der Waals surface area contributed by atoms with Gasteiger partial charge in [-0.1, -0.05) is 0 Å².